The van der Waals surface area contributed by atoms with Gasteiger partial charge in [0.1, 0.15) is 0 Å². The lowest BCUT2D eigenvalue weighted by molar-refractivity contribution is 0.140. The Balaban J connectivity index is 1.46. The van der Waals surface area contributed by atoms with Crippen molar-refractivity contribution in [3.63, 3.8) is 0 Å². The maximum absolute atomic E-state index is 12.2. The molecule has 0 aromatic rings. The highest BCUT2D eigenvalue weighted by Crippen LogP contribution is 2.43. The topological polar surface area (TPSA) is 0 Å². The third kappa shape index (κ3) is 11.0. The highest BCUT2D eigenvalue weighted by molar-refractivity contribution is 4.85. The first-order valence-electron chi connectivity index (χ1n) is 13.2. The summed E-state index contributed by atoms with van der Waals surface area (Å²) in [5.74, 6) is 3.62. The van der Waals surface area contributed by atoms with Crippen LogP contribution >= 0.6 is 0 Å². The number of unbranched alkanes of at least 4 members (excludes halogenated alkanes) is 8. The van der Waals surface area contributed by atoms with Crippen LogP contribution in [0.1, 0.15) is 135 Å². The fourth-order valence-corrected chi connectivity index (χ4v) is 6.07. The summed E-state index contributed by atoms with van der Waals surface area (Å²) in [6.07, 6.45) is 26.8. The summed E-state index contributed by atoms with van der Waals surface area (Å²) in [7, 11) is 0. The molecule has 0 unspecified atom stereocenters. The molecule has 0 aromatic carbocycles. The van der Waals surface area contributed by atoms with E-state index in [1.54, 1.807) is 0 Å². The van der Waals surface area contributed by atoms with Gasteiger partial charge in [-0.3, -0.25) is 0 Å². The summed E-state index contributed by atoms with van der Waals surface area (Å²) in [6, 6.07) is 0. The molecule has 0 heterocycles. The van der Waals surface area contributed by atoms with Gasteiger partial charge >= 0.3 is 0 Å². The number of hydrogen-bond acceptors (Lipinski definition) is 0. The summed E-state index contributed by atoms with van der Waals surface area (Å²) in [4.78, 5) is 0. The van der Waals surface area contributed by atoms with Crippen LogP contribution in [0.5, 0.6) is 0 Å². The van der Waals surface area contributed by atoms with Gasteiger partial charge in [0, 0.05) is 0 Å². The van der Waals surface area contributed by atoms with Crippen LogP contribution in [0.4, 0.5) is 8.78 Å². The molecule has 170 valence electrons. The van der Waals surface area contributed by atoms with Gasteiger partial charge in [0.15, 0.2) is 0 Å². The molecule has 2 rings (SSSR count). The predicted molar refractivity (Wildman–Crippen MR) is 122 cm³/mol. The minimum absolute atomic E-state index is 0.571. The second kappa shape index (κ2) is 15.4. The molecular weight excluding hydrogens is 362 g/mol. The molecule has 2 fully saturated rings. The molecule has 0 nitrogen and oxygen atoms in total. The lowest BCUT2D eigenvalue weighted by Crippen LogP contribution is -2.25. The van der Waals surface area contributed by atoms with Gasteiger partial charge in [0.2, 0.25) is 0 Å². The highest BCUT2D eigenvalue weighted by atomic mass is 19.3. The molecule has 2 saturated carbocycles. The summed E-state index contributed by atoms with van der Waals surface area (Å²) >= 11 is 0. The van der Waals surface area contributed by atoms with E-state index in [0.29, 0.717) is 12.3 Å². The third-order valence-electron chi connectivity index (χ3n) is 8.04. The molecule has 2 heteroatoms. The van der Waals surface area contributed by atoms with Gasteiger partial charge in [-0.25, -0.2) is 0 Å². The Kier molecular flexibility index (Phi) is 13.2. The molecule has 0 bridgehead atoms. The summed E-state index contributed by atoms with van der Waals surface area (Å²) in [5, 5.41) is 0. The molecule has 0 atom stereocenters. The first-order chi connectivity index (χ1) is 14.2. The SMILES string of the molecule is CCCCCCCCCCCC1CCC(C2CCC(CCC=C(F)F)CC2)CC1. The van der Waals surface area contributed by atoms with Crippen molar-refractivity contribution < 1.29 is 8.78 Å². The van der Waals surface area contributed by atoms with Crippen LogP contribution in [0.2, 0.25) is 0 Å². The van der Waals surface area contributed by atoms with E-state index in [1.807, 2.05) is 0 Å². The Morgan fingerprint density at radius 2 is 1.07 bits per heavy atom. The maximum Gasteiger partial charge on any atom is 0.266 e. The Morgan fingerprint density at radius 3 is 1.55 bits per heavy atom. The van der Waals surface area contributed by atoms with Gasteiger partial charge in [-0.1, -0.05) is 96.8 Å². The third-order valence-corrected chi connectivity index (χ3v) is 8.04. The van der Waals surface area contributed by atoms with Crippen molar-refractivity contribution in [2.75, 3.05) is 0 Å². The number of halogens is 2. The van der Waals surface area contributed by atoms with Crippen molar-refractivity contribution in [1.29, 1.82) is 0 Å². The first kappa shape index (κ1) is 24.9. The first-order valence-corrected chi connectivity index (χ1v) is 13.2. The highest BCUT2D eigenvalue weighted by Gasteiger charge is 2.30. The van der Waals surface area contributed by atoms with Crippen molar-refractivity contribution in [2.24, 2.45) is 23.7 Å². The van der Waals surface area contributed by atoms with Crippen LogP contribution < -0.4 is 0 Å². The van der Waals surface area contributed by atoms with Crippen LogP contribution in [-0.4, -0.2) is 0 Å². The van der Waals surface area contributed by atoms with Crippen LogP contribution in [0.25, 0.3) is 0 Å². The lowest BCUT2D eigenvalue weighted by Gasteiger charge is -2.38. The Bertz CT molecular complexity index is 410. The van der Waals surface area contributed by atoms with E-state index in [9.17, 15) is 8.78 Å². The van der Waals surface area contributed by atoms with Gasteiger partial charge in [0.05, 0.1) is 0 Å². The number of hydrogen-bond donors (Lipinski definition) is 0. The minimum atomic E-state index is -1.50. The molecule has 0 aromatic heterocycles. The Morgan fingerprint density at radius 1 is 0.621 bits per heavy atom. The van der Waals surface area contributed by atoms with Gasteiger partial charge < -0.3 is 0 Å². The molecule has 2 aliphatic rings. The molecule has 0 amide bonds. The maximum atomic E-state index is 12.2. The van der Waals surface area contributed by atoms with Gasteiger partial charge in [0.25, 0.3) is 6.08 Å². The molecule has 0 N–H and O–H groups in total. The van der Waals surface area contributed by atoms with Crippen molar-refractivity contribution in [3.05, 3.63) is 12.2 Å². The summed E-state index contributed by atoms with van der Waals surface area (Å²) in [5.41, 5.74) is 0. The van der Waals surface area contributed by atoms with Crippen LogP contribution in [0.3, 0.4) is 0 Å². The summed E-state index contributed by atoms with van der Waals surface area (Å²) in [6.45, 7) is 2.29. The molecule has 29 heavy (non-hydrogen) atoms. The van der Waals surface area contributed by atoms with Crippen LogP contribution in [0.15, 0.2) is 12.2 Å². The van der Waals surface area contributed by atoms with E-state index in [1.165, 1.54) is 116 Å². The molecule has 2 aliphatic carbocycles. The van der Waals surface area contributed by atoms with E-state index in [0.717, 1.165) is 30.3 Å². The zero-order chi connectivity index (χ0) is 20.7. The van der Waals surface area contributed by atoms with Crippen molar-refractivity contribution in [1.82, 2.24) is 0 Å². The average molecular weight is 411 g/mol. The van der Waals surface area contributed by atoms with E-state index in [4.69, 9.17) is 0 Å². The van der Waals surface area contributed by atoms with Crippen molar-refractivity contribution in [2.45, 2.75) is 135 Å². The number of allylic oxidation sites excluding steroid dienone is 1. The standard InChI is InChI=1S/C27H48F2/c1-2-3-4-5-6-7-8-9-10-12-23-15-19-25(20-16-23)26-21-17-24(18-22-26)13-11-14-27(28)29/h14,23-26H,2-13,15-22H2,1H3. The van der Waals surface area contributed by atoms with Gasteiger partial charge in [-0.05, 0) is 68.3 Å². The average Bonchev–Trinajstić information content (AvgIpc) is 2.73. The van der Waals surface area contributed by atoms with Crippen LogP contribution in [-0.2, 0) is 0 Å². The van der Waals surface area contributed by atoms with Crippen LogP contribution in [0, 0.1) is 23.7 Å². The van der Waals surface area contributed by atoms with E-state index >= 15 is 0 Å². The lowest BCUT2D eigenvalue weighted by atomic mass is 9.68. The minimum Gasteiger partial charge on any atom is -0.174 e. The molecule has 0 aliphatic heterocycles. The van der Waals surface area contributed by atoms with E-state index in [2.05, 4.69) is 6.92 Å². The van der Waals surface area contributed by atoms with Crippen molar-refractivity contribution >= 4 is 0 Å². The molecule has 0 radical (unpaired) electrons. The van der Waals surface area contributed by atoms with E-state index in [-0.39, 0.29) is 0 Å². The predicted octanol–water partition coefficient (Wildman–Crippen LogP) is 10.1. The fraction of sp³-hybridized carbons (Fsp3) is 0.926. The smallest absolute Gasteiger partial charge is 0.174 e. The monoisotopic (exact) mass is 410 g/mol. The zero-order valence-electron chi connectivity index (χ0n) is 19.3. The molecular formula is C27H48F2. The van der Waals surface area contributed by atoms with Gasteiger partial charge in [-0.15, -0.1) is 0 Å². The summed E-state index contributed by atoms with van der Waals surface area (Å²) < 4.78 is 24.3. The number of rotatable bonds is 14. The van der Waals surface area contributed by atoms with E-state index < -0.39 is 6.08 Å². The van der Waals surface area contributed by atoms with Gasteiger partial charge in [-0.2, -0.15) is 8.78 Å². The quantitative estimate of drug-likeness (QED) is 0.250. The second-order valence-electron chi connectivity index (χ2n) is 10.2. The zero-order valence-corrected chi connectivity index (χ0v) is 19.3. The normalized spacial score (nSPS) is 27.7. The Hall–Kier alpha value is -0.400. The fourth-order valence-electron chi connectivity index (χ4n) is 6.07. The second-order valence-corrected chi connectivity index (χ2v) is 10.2. The largest absolute Gasteiger partial charge is 0.266 e. The Labute approximate surface area is 180 Å². The molecule has 0 spiro atoms. The molecule has 0 saturated heterocycles. The van der Waals surface area contributed by atoms with Crippen molar-refractivity contribution in [3.8, 4) is 0 Å².